The van der Waals surface area contributed by atoms with E-state index < -0.39 is 0 Å². The molecule has 4 atom stereocenters. The summed E-state index contributed by atoms with van der Waals surface area (Å²) in [6.45, 7) is 2.11. The molecule has 2 aromatic carbocycles. The van der Waals surface area contributed by atoms with Gasteiger partial charge in [0.15, 0.2) is 0 Å². The average Bonchev–Trinajstić information content (AvgIpc) is 3.33. The van der Waals surface area contributed by atoms with Gasteiger partial charge in [0.05, 0.1) is 17.5 Å². The van der Waals surface area contributed by atoms with Crippen LogP contribution in [-0.4, -0.2) is 11.8 Å². The maximum Gasteiger partial charge on any atom is 0.238 e. The van der Waals surface area contributed by atoms with E-state index in [2.05, 4.69) is 47.1 Å². The molecule has 1 aliphatic heterocycles. The van der Waals surface area contributed by atoms with Crippen LogP contribution < -0.4 is 4.90 Å². The van der Waals surface area contributed by atoms with E-state index in [1.807, 2.05) is 42.5 Å². The SMILES string of the molecule is CC(=C1[C@H]2C=C[C@H]1[C@@H]1C(=O)N(c3ccc(Br)cc3)C(=O)[C@H]12)c1ccccc1. The Labute approximate surface area is 166 Å². The van der Waals surface area contributed by atoms with Gasteiger partial charge in [0.2, 0.25) is 11.8 Å². The van der Waals surface area contributed by atoms with E-state index in [1.165, 1.54) is 16.0 Å². The molecule has 2 fully saturated rings. The van der Waals surface area contributed by atoms with E-state index in [0.29, 0.717) is 5.69 Å². The molecule has 1 saturated carbocycles. The van der Waals surface area contributed by atoms with Crippen LogP contribution >= 0.6 is 15.9 Å². The highest BCUT2D eigenvalue weighted by Crippen LogP contribution is 2.58. The third-order valence-electron chi connectivity index (χ3n) is 6.14. The minimum Gasteiger partial charge on any atom is -0.274 e. The van der Waals surface area contributed by atoms with E-state index in [9.17, 15) is 9.59 Å². The lowest BCUT2D eigenvalue weighted by Gasteiger charge is -2.20. The lowest BCUT2D eigenvalue weighted by Crippen LogP contribution is -2.33. The first-order valence-electron chi connectivity index (χ1n) is 9.15. The average molecular weight is 420 g/mol. The molecule has 2 aliphatic carbocycles. The highest BCUT2D eigenvalue weighted by atomic mass is 79.9. The van der Waals surface area contributed by atoms with Crippen molar-refractivity contribution in [1.29, 1.82) is 0 Å². The number of nitrogens with zero attached hydrogens (tertiary/aromatic N) is 1. The molecular weight excluding hydrogens is 402 g/mol. The number of allylic oxidation sites excluding steroid dienone is 4. The van der Waals surface area contributed by atoms with Crippen molar-refractivity contribution in [2.75, 3.05) is 4.90 Å². The second-order valence-corrected chi connectivity index (χ2v) is 8.34. The van der Waals surface area contributed by atoms with Crippen molar-refractivity contribution in [3.05, 3.63) is 82.4 Å². The molecule has 0 unspecified atom stereocenters. The van der Waals surface area contributed by atoms with Gasteiger partial charge in [-0.3, -0.25) is 9.59 Å². The van der Waals surface area contributed by atoms with Gasteiger partial charge >= 0.3 is 0 Å². The van der Waals surface area contributed by atoms with Crippen molar-refractivity contribution < 1.29 is 9.59 Å². The van der Waals surface area contributed by atoms with Gasteiger partial charge in [-0.15, -0.1) is 0 Å². The number of amides is 2. The predicted octanol–water partition coefficient (Wildman–Crippen LogP) is 4.84. The summed E-state index contributed by atoms with van der Waals surface area (Å²) in [4.78, 5) is 27.8. The summed E-state index contributed by atoms with van der Waals surface area (Å²) in [5.41, 5.74) is 4.26. The quantitative estimate of drug-likeness (QED) is 0.515. The van der Waals surface area contributed by atoms with E-state index in [-0.39, 0.29) is 35.5 Å². The lowest BCUT2D eigenvalue weighted by molar-refractivity contribution is -0.122. The van der Waals surface area contributed by atoms with Gasteiger partial charge in [0, 0.05) is 16.3 Å². The third kappa shape index (κ3) is 2.32. The highest BCUT2D eigenvalue weighted by Gasteiger charge is 2.62. The van der Waals surface area contributed by atoms with Gasteiger partial charge in [-0.25, -0.2) is 4.90 Å². The molecule has 5 rings (SSSR count). The predicted molar refractivity (Wildman–Crippen MR) is 109 cm³/mol. The zero-order valence-electron chi connectivity index (χ0n) is 14.8. The van der Waals surface area contributed by atoms with Crippen LogP contribution in [0.25, 0.3) is 5.57 Å². The molecule has 2 bridgehead atoms. The number of imide groups is 1. The van der Waals surface area contributed by atoms with E-state index in [0.717, 1.165) is 10.0 Å². The smallest absolute Gasteiger partial charge is 0.238 e. The Hall–Kier alpha value is -2.46. The van der Waals surface area contributed by atoms with Gasteiger partial charge < -0.3 is 0 Å². The first-order valence-corrected chi connectivity index (χ1v) is 9.95. The Balaban J connectivity index is 1.55. The maximum absolute atomic E-state index is 13.2. The van der Waals surface area contributed by atoms with Crippen molar-refractivity contribution in [1.82, 2.24) is 0 Å². The van der Waals surface area contributed by atoms with E-state index in [1.54, 1.807) is 0 Å². The van der Waals surface area contributed by atoms with Crippen LogP contribution in [0.4, 0.5) is 5.69 Å². The number of fused-ring (bicyclic) bond motifs is 5. The molecule has 2 aromatic rings. The molecule has 1 heterocycles. The van der Waals surface area contributed by atoms with Gasteiger partial charge in [-0.05, 0) is 42.3 Å². The van der Waals surface area contributed by atoms with Crippen molar-refractivity contribution in [2.45, 2.75) is 6.92 Å². The van der Waals surface area contributed by atoms with Gasteiger partial charge in [-0.1, -0.05) is 64.0 Å². The zero-order valence-corrected chi connectivity index (χ0v) is 16.4. The maximum atomic E-state index is 13.2. The van der Waals surface area contributed by atoms with Crippen LogP contribution in [0.5, 0.6) is 0 Å². The molecule has 1 saturated heterocycles. The summed E-state index contributed by atoms with van der Waals surface area (Å²) >= 11 is 3.40. The Morgan fingerprint density at radius 3 is 1.96 bits per heavy atom. The van der Waals surface area contributed by atoms with Crippen LogP contribution in [0.1, 0.15) is 12.5 Å². The molecule has 27 heavy (non-hydrogen) atoms. The van der Waals surface area contributed by atoms with Crippen molar-refractivity contribution in [2.24, 2.45) is 23.7 Å². The molecule has 0 N–H and O–H groups in total. The number of hydrogen-bond donors (Lipinski definition) is 0. The fourth-order valence-electron chi connectivity index (χ4n) is 4.96. The zero-order chi connectivity index (χ0) is 18.7. The Morgan fingerprint density at radius 2 is 1.41 bits per heavy atom. The minimum atomic E-state index is -0.273. The second kappa shape index (κ2) is 6.03. The van der Waals surface area contributed by atoms with Crippen LogP contribution in [0.15, 0.2) is 76.8 Å². The molecule has 0 spiro atoms. The number of halogens is 1. The van der Waals surface area contributed by atoms with Crippen molar-refractivity contribution in [3.8, 4) is 0 Å². The summed E-state index contributed by atoms with van der Waals surface area (Å²) in [5.74, 6) is -0.631. The number of benzene rings is 2. The standard InChI is InChI=1S/C23H18BrNO2/c1-13(14-5-3-2-4-6-14)19-17-11-12-18(19)21-20(17)22(26)25(23(21)27)16-9-7-15(24)8-10-16/h2-12,17-18,20-21H,1H3/t17-,18-,20+,21+/m1/s1. The van der Waals surface area contributed by atoms with E-state index >= 15 is 0 Å². The summed E-state index contributed by atoms with van der Waals surface area (Å²) < 4.78 is 0.927. The monoisotopic (exact) mass is 419 g/mol. The van der Waals surface area contributed by atoms with Crippen LogP contribution in [0, 0.1) is 23.7 Å². The number of rotatable bonds is 2. The highest BCUT2D eigenvalue weighted by molar-refractivity contribution is 9.10. The van der Waals surface area contributed by atoms with Crippen molar-refractivity contribution in [3.63, 3.8) is 0 Å². The number of anilines is 1. The summed E-state index contributed by atoms with van der Waals surface area (Å²) in [6, 6.07) is 17.6. The molecule has 0 radical (unpaired) electrons. The Bertz CT molecular complexity index is 972. The molecule has 0 aromatic heterocycles. The molecule has 2 amide bonds. The minimum absolute atomic E-state index is 0.0251. The first kappa shape index (κ1) is 16.7. The molecule has 3 nitrogen and oxygen atoms in total. The van der Waals surface area contributed by atoms with E-state index in [4.69, 9.17) is 0 Å². The van der Waals surface area contributed by atoms with Gasteiger partial charge in [0.25, 0.3) is 0 Å². The summed E-state index contributed by atoms with van der Waals surface area (Å²) in [5, 5.41) is 0. The fraction of sp³-hybridized carbons (Fsp3) is 0.217. The van der Waals surface area contributed by atoms with Gasteiger partial charge in [0.1, 0.15) is 0 Å². The molecule has 134 valence electrons. The third-order valence-corrected chi connectivity index (χ3v) is 6.67. The lowest BCUT2D eigenvalue weighted by atomic mass is 9.85. The molecule has 4 heteroatoms. The number of carbonyl (C=O) groups excluding carboxylic acids is 2. The Kier molecular flexibility index (Phi) is 3.73. The number of hydrogen-bond acceptors (Lipinski definition) is 2. The van der Waals surface area contributed by atoms with Crippen LogP contribution in [0.2, 0.25) is 0 Å². The largest absolute Gasteiger partial charge is 0.274 e. The number of carbonyl (C=O) groups is 2. The van der Waals surface area contributed by atoms with Gasteiger partial charge in [-0.2, -0.15) is 0 Å². The first-order chi connectivity index (χ1) is 13.1. The summed E-state index contributed by atoms with van der Waals surface area (Å²) in [7, 11) is 0. The van der Waals surface area contributed by atoms with Crippen molar-refractivity contribution >= 4 is 39.0 Å². The fourth-order valence-corrected chi connectivity index (χ4v) is 5.23. The summed E-state index contributed by atoms with van der Waals surface area (Å²) in [6.07, 6.45) is 4.26. The second-order valence-electron chi connectivity index (χ2n) is 7.42. The molecular formula is C23H18BrNO2. The molecule has 3 aliphatic rings. The topological polar surface area (TPSA) is 37.4 Å². The van der Waals surface area contributed by atoms with Crippen LogP contribution in [-0.2, 0) is 9.59 Å². The van der Waals surface area contributed by atoms with Crippen LogP contribution in [0.3, 0.4) is 0 Å². The normalized spacial score (nSPS) is 28.2. The Morgan fingerprint density at radius 1 is 0.852 bits per heavy atom.